The molecule has 1 unspecified atom stereocenters. The number of benzene rings is 1. The Morgan fingerprint density at radius 3 is 2.59 bits per heavy atom. The van der Waals surface area contributed by atoms with Crippen molar-refractivity contribution in [3.05, 3.63) is 83.8 Å². The van der Waals surface area contributed by atoms with E-state index in [0.717, 1.165) is 18.1 Å². The van der Waals surface area contributed by atoms with Crippen LogP contribution in [0.2, 0.25) is 0 Å². The molecule has 0 saturated heterocycles. The van der Waals surface area contributed by atoms with E-state index in [1.165, 1.54) is 11.3 Å². The third-order valence-corrected chi connectivity index (χ3v) is 3.84. The largest absolute Gasteiger partial charge is 0.305 e. The summed E-state index contributed by atoms with van der Waals surface area (Å²) in [6, 6.07) is 21.1. The van der Waals surface area contributed by atoms with Crippen LogP contribution in [-0.2, 0) is 6.54 Å². The van der Waals surface area contributed by atoms with Gasteiger partial charge in [-0.05, 0) is 43.7 Å². The Morgan fingerprint density at radius 1 is 1.00 bits per heavy atom. The summed E-state index contributed by atoms with van der Waals surface area (Å²) in [5.41, 5.74) is 3.54. The van der Waals surface area contributed by atoms with Gasteiger partial charge in [0.1, 0.15) is 5.82 Å². The van der Waals surface area contributed by atoms with E-state index >= 15 is 0 Å². The minimum Gasteiger partial charge on any atom is -0.305 e. The van der Waals surface area contributed by atoms with Crippen molar-refractivity contribution >= 4 is 0 Å². The Morgan fingerprint density at radius 2 is 1.82 bits per heavy atom. The van der Waals surface area contributed by atoms with Crippen molar-refractivity contribution in [2.24, 2.45) is 0 Å². The number of aromatic nitrogens is 2. The molecule has 0 aliphatic carbocycles. The molecule has 3 nitrogen and oxygen atoms in total. The predicted molar refractivity (Wildman–Crippen MR) is 90.0 cm³/mol. The average Bonchev–Trinajstić information content (AvgIpc) is 3.02. The first-order valence-electron chi connectivity index (χ1n) is 7.62. The molecule has 1 atom stereocenters. The SMILES string of the molecule is Cc1cccc(-n2cccc2CNC(C)c2ccccc2)n1. The second-order valence-corrected chi connectivity index (χ2v) is 5.52. The third-order valence-electron chi connectivity index (χ3n) is 3.84. The minimum absolute atomic E-state index is 0.315. The van der Waals surface area contributed by atoms with Gasteiger partial charge in [-0.15, -0.1) is 0 Å². The van der Waals surface area contributed by atoms with E-state index in [0.29, 0.717) is 6.04 Å². The fraction of sp³-hybridized carbons (Fsp3) is 0.211. The lowest BCUT2D eigenvalue weighted by Gasteiger charge is -2.15. The molecular weight excluding hydrogens is 270 g/mol. The lowest BCUT2D eigenvalue weighted by atomic mass is 10.1. The fourth-order valence-corrected chi connectivity index (χ4v) is 2.56. The van der Waals surface area contributed by atoms with Crippen LogP contribution in [-0.4, -0.2) is 9.55 Å². The molecule has 0 amide bonds. The minimum atomic E-state index is 0.315. The van der Waals surface area contributed by atoms with Crippen molar-refractivity contribution < 1.29 is 0 Å². The molecule has 2 heterocycles. The van der Waals surface area contributed by atoms with Crippen molar-refractivity contribution in [1.29, 1.82) is 0 Å². The van der Waals surface area contributed by atoms with Gasteiger partial charge in [-0.25, -0.2) is 4.98 Å². The molecule has 112 valence electrons. The topological polar surface area (TPSA) is 29.9 Å². The summed E-state index contributed by atoms with van der Waals surface area (Å²) in [7, 11) is 0. The zero-order valence-electron chi connectivity index (χ0n) is 13.0. The Labute approximate surface area is 131 Å². The maximum absolute atomic E-state index is 4.60. The van der Waals surface area contributed by atoms with Gasteiger partial charge in [0, 0.05) is 30.2 Å². The van der Waals surface area contributed by atoms with Gasteiger partial charge in [0.25, 0.3) is 0 Å². The molecule has 0 aliphatic rings. The van der Waals surface area contributed by atoms with E-state index in [4.69, 9.17) is 0 Å². The molecule has 1 N–H and O–H groups in total. The zero-order valence-corrected chi connectivity index (χ0v) is 13.0. The van der Waals surface area contributed by atoms with Gasteiger partial charge in [-0.1, -0.05) is 36.4 Å². The predicted octanol–water partition coefficient (Wildman–Crippen LogP) is 4.03. The van der Waals surface area contributed by atoms with Crippen molar-refractivity contribution in [1.82, 2.24) is 14.9 Å². The Balaban J connectivity index is 1.73. The van der Waals surface area contributed by atoms with Gasteiger partial charge < -0.3 is 9.88 Å². The maximum Gasteiger partial charge on any atom is 0.137 e. The van der Waals surface area contributed by atoms with Crippen LogP contribution in [0.5, 0.6) is 0 Å². The summed E-state index contributed by atoms with van der Waals surface area (Å²) in [5, 5.41) is 3.58. The lowest BCUT2D eigenvalue weighted by Crippen LogP contribution is -2.19. The lowest BCUT2D eigenvalue weighted by molar-refractivity contribution is 0.562. The van der Waals surface area contributed by atoms with Crippen LogP contribution >= 0.6 is 0 Å². The van der Waals surface area contributed by atoms with Crippen LogP contribution < -0.4 is 5.32 Å². The standard InChI is InChI=1S/C19H21N3/c1-15-8-6-12-19(21-15)22-13-7-11-18(22)14-20-16(2)17-9-4-3-5-10-17/h3-13,16,20H,14H2,1-2H3. The monoisotopic (exact) mass is 291 g/mol. The van der Waals surface area contributed by atoms with Crippen LogP contribution in [0.25, 0.3) is 5.82 Å². The second-order valence-electron chi connectivity index (χ2n) is 5.52. The number of rotatable bonds is 5. The summed E-state index contributed by atoms with van der Waals surface area (Å²) in [6.07, 6.45) is 2.06. The molecule has 1 aromatic carbocycles. The molecule has 0 saturated carbocycles. The number of hydrogen-bond acceptors (Lipinski definition) is 2. The van der Waals surface area contributed by atoms with E-state index in [-0.39, 0.29) is 0 Å². The maximum atomic E-state index is 4.60. The number of aryl methyl sites for hydroxylation is 1. The highest BCUT2D eigenvalue weighted by atomic mass is 15.1. The van der Waals surface area contributed by atoms with Gasteiger partial charge in [-0.2, -0.15) is 0 Å². The number of nitrogens with zero attached hydrogens (tertiary/aromatic N) is 2. The van der Waals surface area contributed by atoms with Crippen LogP contribution in [0, 0.1) is 6.92 Å². The van der Waals surface area contributed by atoms with Gasteiger partial charge in [0.15, 0.2) is 0 Å². The highest BCUT2D eigenvalue weighted by Gasteiger charge is 2.08. The van der Waals surface area contributed by atoms with Gasteiger partial charge in [0.05, 0.1) is 0 Å². The molecule has 2 aromatic heterocycles. The molecule has 0 fully saturated rings. The molecule has 3 heteroatoms. The first-order valence-corrected chi connectivity index (χ1v) is 7.62. The molecule has 3 rings (SSSR count). The van der Waals surface area contributed by atoms with E-state index in [9.17, 15) is 0 Å². The van der Waals surface area contributed by atoms with Gasteiger partial charge >= 0.3 is 0 Å². The summed E-state index contributed by atoms with van der Waals surface area (Å²) in [5.74, 6) is 0.967. The highest BCUT2D eigenvalue weighted by molar-refractivity contribution is 5.29. The average molecular weight is 291 g/mol. The van der Waals surface area contributed by atoms with Crippen molar-refractivity contribution in [2.75, 3.05) is 0 Å². The van der Waals surface area contributed by atoms with E-state index in [1.807, 2.05) is 31.2 Å². The third kappa shape index (κ3) is 3.26. The molecule has 22 heavy (non-hydrogen) atoms. The summed E-state index contributed by atoms with van der Waals surface area (Å²) < 4.78 is 2.14. The first-order chi connectivity index (χ1) is 10.7. The summed E-state index contributed by atoms with van der Waals surface area (Å²) >= 11 is 0. The van der Waals surface area contributed by atoms with E-state index < -0.39 is 0 Å². The molecule has 0 radical (unpaired) electrons. The number of pyridine rings is 1. The van der Waals surface area contributed by atoms with Crippen LogP contribution in [0.4, 0.5) is 0 Å². The van der Waals surface area contributed by atoms with Crippen molar-refractivity contribution in [2.45, 2.75) is 26.4 Å². The summed E-state index contributed by atoms with van der Waals surface area (Å²) in [6.45, 7) is 5.01. The van der Waals surface area contributed by atoms with Gasteiger partial charge in [0.2, 0.25) is 0 Å². The van der Waals surface area contributed by atoms with Crippen molar-refractivity contribution in [3.8, 4) is 5.82 Å². The molecule has 0 spiro atoms. The number of nitrogens with one attached hydrogen (secondary N) is 1. The van der Waals surface area contributed by atoms with E-state index in [2.05, 4.69) is 64.4 Å². The van der Waals surface area contributed by atoms with Crippen molar-refractivity contribution in [3.63, 3.8) is 0 Å². The molecular formula is C19H21N3. The molecule has 3 aromatic rings. The fourth-order valence-electron chi connectivity index (χ4n) is 2.56. The van der Waals surface area contributed by atoms with Crippen LogP contribution in [0.1, 0.15) is 29.9 Å². The normalized spacial score (nSPS) is 12.3. The van der Waals surface area contributed by atoms with Gasteiger partial charge in [-0.3, -0.25) is 0 Å². The van der Waals surface area contributed by atoms with Crippen LogP contribution in [0.15, 0.2) is 66.9 Å². The molecule has 0 aliphatic heterocycles. The van der Waals surface area contributed by atoms with Crippen LogP contribution in [0.3, 0.4) is 0 Å². The zero-order chi connectivity index (χ0) is 15.4. The summed E-state index contributed by atoms with van der Waals surface area (Å²) in [4.78, 5) is 4.60. The quantitative estimate of drug-likeness (QED) is 0.769. The Hall–Kier alpha value is -2.39. The Bertz CT molecular complexity index is 731. The second kappa shape index (κ2) is 6.58. The smallest absolute Gasteiger partial charge is 0.137 e. The molecule has 0 bridgehead atoms. The first kappa shape index (κ1) is 14.5. The Kier molecular flexibility index (Phi) is 4.35. The van der Waals surface area contributed by atoms with E-state index in [1.54, 1.807) is 0 Å². The highest BCUT2D eigenvalue weighted by Crippen LogP contribution is 2.15. The number of hydrogen-bond donors (Lipinski definition) is 1.